The van der Waals surface area contributed by atoms with Gasteiger partial charge in [-0.3, -0.25) is 4.79 Å². The predicted molar refractivity (Wildman–Crippen MR) is 111 cm³/mol. The monoisotopic (exact) mass is 417 g/mol. The summed E-state index contributed by atoms with van der Waals surface area (Å²) in [5.41, 5.74) is 2.05. The molecule has 1 N–H and O–H groups in total. The molecule has 0 aliphatic carbocycles. The first-order valence-corrected chi connectivity index (χ1v) is 9.48. The van der Waals surface area contributed by atoms with Crippen molar-refractivity contribution in [2.24, 2.45) is 0 Å². The smallest absolute Gasteiger partial charge is 0.257 e. The van der Waals surface area contributed by atoms with Gasteiger partial charge in [0.2, 0.25) is 0 Å². The van der Waals surface area contributed by atoms with Crippen LogP contribution in [0, 0.1) is 5.82 Å². The van der Waals surface area contributed by atoms with Crippen molar-refractivity contribution in [3.05, 3.63) is 93.2 Å². The summed E-state index contributed by atoms with van der Waals surface area (Å²) >= 11 is 12.1. The minimum absolute atomic E-state index is 0.100. The van der Waals surface area contributed by atoms with Crippen molar-refractivity contribution in [2.75, 3.05) is 5.32 Å². The molecule has 3 rings (SSSR count). The van der Waals surface area contributed by atoms with E-state index < -0.39 is 11.7 Å². The Morgan fingerprint density at radius 1 is 1.04 bits per heavy atom. The summed E-state index contributed by atoms with van der Waals surface area (Å²) in [5.74, 6) is -0.533. The van der Waals surface area contributed by atoms with E-state index in [1.54, 1.807) is 36.4 Å². The zero-order valence-electron chi connectivity index (χ0n) is 15.1. The van der Waals surface area contributed by atoms with Crippen LogP contribution in [0.2, 0.25) is 10.0 Å². The Bertz CT molecular complexity index is 1010. The molecule has 0 saturated heterocycles. The van der Waals surface area contributed by atoms with Gasteiger partial charge in [-0.25, -0.2) is 4.39 Å². The van der Waals surface area contributed by atoms with Gasteiger partial charge in [0.25, 0.3) is 5.91 Å². The van der Waals surface area contributed by atoms with Crippen LogP contribution in [-0.4, -0.2) is 5.91 Å². The zero-order valence-corrected chi connectivity index (χ0v) is 16.6. The Labute approximate surface area is 173 Å². The number of carbonyl (C=O) groups excluding carboxylic acids is 1. The highest BCUT2D eigenvalue weighted by atomic mass is 35.5. The van der Waals surface area contributed by atoms with Crippen molar-refractivity contribution >= 4 is 34.8 Å². The second-order valence-corrected chi connectivity index (χ2v) is 7.03. The molecule has 0 fully saturated rings. The van der Waals surface area contributed by atoms with Gasteiger partial charge in [0, 0.05) is 5.02 Å². The summed E-state index contributed by atoms with van der Waals surface area (Å²) in [4.78, 5) is 12.6. The SMILES string of the molecule is CCc1ccc(NC(=O)c2cc(OCc3cccc(Cl)c3)ccc2Cl)c(F)c1. The van der Waals surface area contributed by atoms with Crippen molar-refractivity contribution in [3.8, 4) is 5.75 Å². The Morgan fingerprint density at radius 2 is 1.86 bits per heavy atom. The molecular weight excluding hydrogens is 400 g/mol. The fourth-order valence-corrected chi connectivity index (χ4v) is 3.05. The number of nitrogens with one attached hydrogen (secondary N) is 1. The molecule has 0 unspecified atom stereocenters. The average Bonchev–Trinajstić information content (AvgIpc) is 2.68. The Hall–Kier alpha value is -2.56. The molecule has 3 nitrogen and oxygen atoms in total. The standard InChI is InChI=1S/C22H18Cl2FNO2/c1-2-14-6-9-21(20(25)11-14)26-22(27)18-12-17(7-8-19(18)24)28-13-15-4-3-5-16(23)10-15/h3-12H,2,13H2,1H3,(H,26,27). The summed E-state index contributed by atoms with van der Waals surface area (Å²) in [6.07, 6.45) is 0.711. The van der Waals surface area contributed by atoms with Crippen LogP contribution >= 0.6 is 23.2 Å². The van der Waals surface area contributed by atoms with E-state index in [0.29, 0.717) is 17.2 Å². The van der Waals surface area contributed by atoms with Gasteiger partial charge in [-0.15, -0.1) is 0 Å². The third kappa shape index (κ3) is 5.03. The summed E-state index contributed by atoms with van der Waals surface area (Å²) in [5, 5.41) is 3.42. The number of halogens is 3. The van der Waals surface area contributed by atoms with Crippen LogP contribution in [0.15, 0.2) is 60.7 Å². The van der Waals surface area contributed by atoms with Crippen LogP contribution in [0.4, 0.5) is 10.1 Å². The van der Waals surface area contributed by atoms with Crippen LogP contribution in [0.1, 0.15) is 28.4 Å². The van der Waals surface area contributed by atoms with Crippen LogP contribution in [0.5, 0.6) is 5.75 Å². The van der Waals surface area contributed by atoms with Crippen molar-refractivity contribution < 1.29 is 13.9 Å². The van der Waals surface area contributed by atoms with Gasteiger partial charge >= 0.3 is 0 Å². The van der Waals surface area contributed by atoms with E-state index >= 15 is 0 Å². The minimum Gasteiger partial charge on any atom is -0.489 e. The van der Waals surface area contributed by atoms with Crippen LogP contribution in [0.25, 0.3) is 0 Å². The summed E-state index contributed by atoms with van der Waals surface area (Å²) in [6, 6.07) is 16.8. The topological polar surface area (TPSA) is 38.3 Å². The van der Waals surface area contributed by atoms with E-state index in [1.807, 2.05) is 19.1 Å². The van der Waals surface area contributed by atoms with Gasteiger partial charge in [-0.1, -0.05) is 48.3 Å². The number of amides is 1. The molecule has 0 saturated carbocycles. The van der Waals surface area contributed by atoms with Gasteiger partial charge in [0.1, 0.15) is 18.2 Å². The fourth-order valence-electron chi connectivity index (χ4n) is 2.63. The van der Waals surface area contributed by atoms with Crippen molar-refractivity contribution in [2.45, 2.75) is 20.0 Å². The van der Waals surface area contributed by atoms with E-state index in [1.165, 1.54) is 12.1 Å². The third-order valence-electron chi connectivity index (χ3n) is 4.17. The first kappa shape index (κ1) is 20.2. The number of aryl methyl sites for hydroxylation is 1. The normalized spacial score (nSPS) is 10.6. The molecule has 0 aliphatic heterocycles. The molecule has 28 heavy (non-hydrogen) atoms. The lowest BCUT2D eigenvalue weighted by atomic mass is 10.1. The quantitative estimate of drug-likeness (QED) is 0.495. The number of ether oxygens (including phenoxy) is 1. The van der Waals surface area contributed by atoms with Gasteiger partial charge < -0.3 is 10.1 Å². The van der Waals surface area contributed by atoms with Crippen LogP contribution in [-0.2, 0) is 13.0 Å². The molecule has 0 atom stereocenters. The second-order valence-electron chi connectivity index (χ2n) is 6.18. The Morgan fingerprint density at radius 3 is 2.57 bits per heavy atom. The molecule has 6 heteroatoms. The first-order chi connectivity index (χ1) is 13.5. The highest BCUT2D eigenvalue weighted by Gasteiger charge is 2.14. The van der Waals surface area contributed by atoms with Crippen LogP contribution in [0.3, 0.4) is 0 Å². The highest BCUT2D eigenvalue weighted by Crippen LogP contribution is 2.25. The largest absolute Gasteiger partial charge is 0.489 e. The zero-order chi connectivity index (χ0) is 20.1. The highest BCUT2D eigenvalue weighted by molar-refractivity contribution is 6.34. The van der Waals surface area contributed by atoms with Crippen molar-refractivity contribution in [3.63, 3.8) is 0 Å². The molecule has 0 bridgehead atoms. The maximum atomic E-state index is 14.2. The Kier molecular flexibility index (Phi) is 6.55. The third-order valence-corrected chi connectivity index (χ3v) is 4.73. The number of hydrogen-bond acceptors (Lipinski definition) is 2. The van der Waals surface area contributed by atoms with Gasteiger partial charge in [0.05, 0.1) is 16.3 Å². The number of rotatable bonds is 6. The van der Waals surface area contributed by atoms with Gasteiger partial charge in [0.15, 0.2) is 0 Å². The molecule has 0 aromatic heterocycles. The first-order valence-electron chi connectivity index (χ1n) is 8.73. The molecule has 3 aromatic carbocycles. The van der Waals surface area contributed by atoms with E-state index in [2.05, 4.69) is 5.32 Å². The summed E-state index contributed by atoms with van der Waals surface area (Å²) in [6.45, 7) is 2.22. The predicted octanol–water partition coefficient (Wildman–Crippen LogP) is 6.53. The lowest BCUT2D eigenvalue weighted by Crippen LogP contribution is -2.14. The molecule has 144 valence electrons. The molecule has 3 aromatic rings. The maximum Gasteiger partial charge on any atom is 0.257 e. The molecule has 0 radical (unpaired) electrons. The van der Waals surface area contributed by atoms with E-state index in [-0.39, 0.29) is 22.9 Å². The molecule has 0 spiro atoms. The van der Waals surface area contributed by atoms with E-state index in [4.69, 9.17) is 27.9 Å². The average molecular weight is 418 g/mol. The molecular formula is C22H18Cl2FNO2. The fraction of sp³-hybridized carbons (Fsp3) is 0.136. The Balaban J connectivity index is 1.74. The number of hydrogen-bond donors (Lipinski definition) is 1. The minimum atomic E-state index is -0.513. The van der Waals surface area contributed by atoms with E-state index in [9.17, 15) is 9.18 Å². The van der Waals surface area contributed by atoms with Crippen molar-refractivity contribution in [1.82, 2.24) is 0 Å². The lowest BCUT2D eigenvalue weighted by Gasteiger charge is -2.11. The number of carbonyl (C=O) groups is 1. The summed E-state index contributed by atoms with van der Waals surface area (Å²) < 4.78 is 19.9. The van der Waals surface area contributed by atoms with Crippen LogP contribution < -0.4 is 10.1 Å². The maximum absolute atomic E-state index is 14.2. The number of anilines is 1. The molecule has 1 amide bonds. The number of benzene rings is 3. The van der Waals surface area contributed by atoms with E-state index in [0.717, 1.165) is 11.1 Å². The second kappa shape index (κ2) is 9.09. The molecule has 0 heterocycles. The summed E-state index contributed by atoms with van der Waals surface area (Å²) in [7, 11) is 0. The van der Waals surface area contributed by atoms with Gasteiger partial charge in [-0.2, -0.15) is 0 Å². The van der Waals surface area contributed by atoms with Gasteiger partial charge in [-0.05, 0) is 60.0 Å². The molecule has 0 aliphatic rings. The lowest BCUT2D eigenvalue weighted by molar-refractivity contribution is 0.102. The van der Waals surface area contributed by atoms with Crippen molar-refractivity contribution in [1.29, 1.82) is 0 Å².